The van der Waals surface area contributed by atoms with Crippen LogP contribution in [0.15, 0.2) is 65.1 Å². The van der Waals surface area contributed by atoms with E-state index in [-0.39, 0.29) is 12.5 Å². The first-order chi connectivity index (χ1) is 11.7. The zero-order valence-electron chi connectivity index (χ0n) is 13.2. The van der Waals surface area contributed by atoms with Gasteiger partial charge in [-0.25, -0.2) is 4.79 Å². The lowest BCUT2D eigenvalue weighted by Crippen LogP contribution is -2.00. The number of aromatic nitrogens is 2. The molecule has 2 aromatic carbocycles. The van der Waals surface area contributed by atoms with Gasteiger partial charge in [0.05, 0.1) is 0 Å². The van der Waals surface area contributed by atoms with Gasteiger partial charge in [-0.2, -0.15) is 0 Å². The van der Waals surface area contributed by atoms with Crippen molar-refractivity contribution in [1.82, 2.24) is 10.2 Å². The Kier molecular flexibility index (Phi) is 4.81. The van der Waals surface area contributed by atoms with Crippen molar-refractivity contribution in [2.24, 2.45) is 0 Å². The average molecular weight is 320 g/mol. The van der Waals surface area contributed by atoms with Crippen LogP contribution in [0.1, 0.15) is 17.0 Å². The Hall–Kier alpha value is -3.21. The quantitative estimate of drug-likeness (QED) is 0.528. The number of ether oxygens (including phenoxy) is 1. The minimum Gasteiger partial charge on any atom is -0.452 e. The second kappa shape index (κ2) is 7.37. The topological polar surface area (TPSA) is 65.2 Å². The summed E-state index contributed by atoms with van der Waals surface area (Å²) in [5.41, 5.74) is 2.92. The second-order valence-electron chi connectivity index (χ2n) is 5.22. The zero-order valence-corrected chi connectivity index (χ0v) is 13.2. The molecule has 0 spiro atoms. The third-order valence-corrected chi connectivity index (χ3v) is 3.31. The van der Waals surface area contributed by atoms with Crippen molar-refractivity contribution in [1.29, 1.82) is 0 Å². The second-order valence-corrected chi connectivity index (χ2v) is 5.22. The minimum atomic E-state index is -0.463. The number of rotatable bonds is 5. The molecule has 1 heterocycles. The molecule has 0 aliphatic heterocycles. The lowest BCUT2D eigenvalue weighted by Gasteiger charge is -1.98. The standard InChI is InChI=1S/C19H16N2O3/c1-14-7-9-15(10-8-14)11-12-18(22)23-13-17-20-21-19(24-17)16-5-3-2-4-6-16/h2-12H,13H2,1H3. The number of esters is 1. The Morgan fingerprint density at radius 2 is 1.83 bits per heavy atom. The number of hydrogen-bond acceptors (Lipinski definition) is 5. The van der Waals surface area contributed by atoms with E-state index in [4.69, 9.17) is 9.15 Å². The molecule has 0 saturated carbocycles. The third-order valence-electron chi connectivity index (χ3n) is 3.31. The van der Waals surface area contributed by atoms with Crippen molar-refractivity contribution in [3.05, 3.63) is 77.7 Å². The first-order valence-corrected chi connectivity index (χ1v) is 7.50. The van der Waals surface area contributed by atoms with Crippen LogP contribution in [0.3, 0.4) is 0 Å². The molecule has 0 unspecified atom stereocenters. The highest BCUT2D eigenvalue weighted by molar-refractivity contribution is 5.86. The fraction of sp³-hybridized carbons (Fsp3) is 0.105. The Labute approximate surface area is 139 Å². The fourth-order valence-corrected chi connectivity index (χ4v) is 2.03. The summed E-state index contributed by atoms with van der Waals surface area (Å²) in [4.78, 5) is 11.7. The Balaban J connectivity index is 1.55. The maximum atomic E-state index is 11.7. The molecule has 0 radical (unpaired) electrons. The predicted octanol–water partition coefficient (Wildman–Crippen LogP) is 3.80. The number of carbonyl (C=O) groups is 1. The third kappa shape index (κ3) is 4.16. The fourth-order valence-electron chi connectivity index (χ4n) is 2.03. The maximum Gasteiger partial charge on any atom is 0.331 e. The van der Waals surface area contributed by atoms with Crippen molar-refractivity contribution < 1.29 is 13.9 Å². The van der Waals surface area contributed by atoms with Gasteiger partial charge in [-0.1, -0.05) is 48.0 Å². The normalized spacial score (nSPS) is 10.9. The van der Waals surface area contributed by atoms with E-state index in [0.717, 1.165) is 11.1 Å². The highest BCUT2D eigenvalue weighted by atomic mass is 16.5. The van der Waals surface area contributed by atoms with Gasteiger partial charge in [0.15, 0.2) is 6.61 Å². The summed E-state index contributed by atoms with van der Waals surface area (Å²) in [5.74, 6) is 0.192. The molecule has 0 aliphatic carbocycles. The lowest BCUT2D eigenvalue weighted by atomic mass is 10.1. The van der Waals surface area contributed by atoms with Crippen LogP contribution < -0.4 is 0 Å². The molecule has 3 rings (SSSR count). The molecule has 0 amide bonds. The lowest BCUT2D eigenvalue weighted by molar-refractivity contribution is -0.139. The molecule has 5 nitrogen and oxygen atoms in total. The summed E-state index contributed by atoms with van der Waals surface area (Å²) < 4.78 is 10.6. The van der Waals surface area contributed by atoms with E-state index >= 15 is 0 Å². The van der Waals surface area contributed by atoms with E-state index in [1.807, 2.05) is 61.5 Å². The summed E-state index contributed by atoms with van der Waals surface area (Å²) in [6.45, 7) is 1.95. The van der Waals surface area contributed by atoms with Gasteiger partial charge in [-0.3, -0.25) is 0 Å². The smallest absolute Gasteiger partial charge is 0.331 e. The van der Waals surface area contributed by atoms with Crippen LogP contribution in [0.4, 0.5) is 0 Å². The SMILES string of the molecule is Cc1ccc(C=CC(=O)OCc2nnc(-c3ccccc3)o2)cc1. The van der Waals surface area contributed by atoms with E-state index in [1.54, 1.807) is 6.08 Å². The highest BCUT2D eigenvalue weighted by Crippen LogP contribution is 2.17. The van der Waals surface area contributed by atoms with Crippen LogP contribution in [-0.4, -0.2) is 16.2 Å². The number of hydrogen-bond donors (Lipinski definition) is 0. The van der Waals surface area contributed by atoms with Gasteiger partial charge in [0.2, 0.25) is 5.89 Å². The predicted molar refractivity (Wildman–Crippen MR) is 89.7 cm³/mol. The van der Waals surface area contributed by atoms with Crippen LogP contribution in [0.25, 0.3) is 17.5 Å². The molecule has 1 aromatic heterocycles. The Morgan fingerprint density at radius 3 is 2.58 bits per heavy atom. The Bertz CT molecular complexity index is 837. The van der Waals surface area contributed by atoms with Crippen molar-refractivity contribution in [2.45, 2.75) is 13.5 Å². The molecule has 0 fully saturated rings. The molecule has 0 aliphatic rings. The molecule has 120 valence electrons. The van der Waals surface area contributed by atoms with Gasteiger partial charge in [0.25, 0.3) is 5.89 Å². The minimum absolute atomic E-state index is 0.0586. The maximum absolute atomic E-state index is 11.7. The first kappa shape index (κ1) is 15.7. The first-order valence-electron chi connectivity index (χ1n) is 7.50. The van der Waals surface area contributed by atoms with Crippen molar-refractivity contribution >= 4 is 12.0 Å². The van der Waals surface area contributed by atoms with Gasteiger partial charge in [0, 0.05) is 11.6 Å². The molecule has 0 bridgehead atoms. The highest BCUT2D eigenvalue weighted by Gasteiger charge is 2.09. The van der Waals surface area contributed by atoms with E-state index < -0.39 is 5.97 Å². The Morgan fingerprint density at radius 1 is 1.08 bits per heavy atom. The van der Waals surface area contributed by atoms with Crippen LogP contribution in [0.5, 0.6) is 0 Å². The van der Waals surface area contributed by atoms with E-state index in [9.17, 15) is 4.79 Å². The summed E-state index contributed by atoms with van der Waals surface area (Å²) >= 11 is 0. The summed E-state index contributed by atoms with van der Waals surface area (Å²) in [6.07, 6.45) is 3.07. The molecule has 0 saturated heterocycles. The monoisotopic (exact) mass is 320 g/mol. The van der Waals surface area contributed by atoms with Crippen molar-refractivity contribution in [3.63, 3.8) is 0 Å². The average Bonchev–Trinajstić information content (AvgIpc) is 3.09. The van der Waals surface area contributed by atoms with Gasteiger partial charge < -0.3 is 9.15 Å². The van der Waals surface area contributed by atoms with Crippen molar-refractivity contribution in [3.8, 4) is 11.5 Å². The van der Waals surface area contributed by atoms with Crippen LogP contribution in [-0.2, 0) is 16.1 Å². The summed E-state index contributed by atoms with van der Waals surface area (Å²) in [6, 6.07) is 17.2. The van der Waals surface area contributed by atoms with E-state index in [0.29, 0.717) is 5.89 Å². The molecule has 3 aromatic rings. The zero-order chi connectivity index (χ0) is 16.8. The van der Waals surface area contributed by atoms with Gasteiger partial charge in [-0.15, -0.1) is 10.2 Å². The van der Waals surface area contributed by atoms with Crippen molar-refractivity contribution in [2.75, 3.05) is 0 Å². The molecule has 5 heteroatoms. The molecule has 0 atom stereocenters. The van der Waals surface area contributed by atoms with Gasteiger partial charge >= 0.3 is 5.97 Å². The molecule has 0 N–H and O–H groups in total. The summed E-state index contributed by atoms with van der Waals surface area (Å²) in [5, 5.41) is 7.81. The molecular weight excluding hydrogens is 304 g/mol. The number of carbonyl (C=O) groups excluding carboxylic acids is 1. The van der Waals surface area contributed by atoms with Gasteiger partial charge in [0.1, 0.15) is 0 Å². The summed E-state index contributed by atoms with van der Waals surface area (Å²) in [7, 11) is 0. The van der Waals surface area contributed by atoms with E-state index in [2.05, 4.69) is 10.2 Å². The van der Waals surface area contributed by atoms with Crippen LogP contribution in [0, 0.1) is 6.92 Å². The largest absolute Gasteiger partial charge is 0.452 e. The van der Waals surface area contributed by atoms with Crippen LogP contribution >= 0.6 is 0 Å². The van der Waals surface area contributed by atoms with E-state index in [1.165, 1.54) is 11.6 Å². The molecular formula is C19H16N2O3. The number of nitrogens with zero attached hydrogens (tertiary/aromatic N) is 2. The number of benzene rings is 2. The van der Waals surface area contributed by atoms with Gasteiger partial charge in [-0.05, 0) is 30.7 Å². The number of aryl methyl sites for hydroxylation is 1. The molecule has 24 heavy (non-hydrogen) atoms. The van der Waals surface area contributed by atoms with Crippen LogP contribution in [0.2, 0.25) is 0 Å².